The molecule has 0 spiro atoms. The van der Waals surface area contributed by atoms with Gasteiger partial charge in [0.2, 0.25) is 0 Å². The average Bonchev–Trinajstić information content (AvgIpc) is 3.01. The molecule has 0 aliphatic carbocycles. The lowest BCUT2D eigenvalue weighted by Gasteiger charge is -2.29. The average molecular weight is 502 g/mol. The van der Waals surface area contributed by atoms with Crippen molar-refractivity contribution >= 4 is 49.4 Å². The molecule has 0 bridgehead atoms. The molecule has 0 aliphatic rings. The molecule has 0 fully saturated rings. The van der Waals surface area contributed by atoms with E-state index in [1.165, 1.54) is 43.4 Å². The molecule has 0 aliphatic heterocycles. The number of hydrogen-bond acceptors (Lipinski definition) is 2. The van der Waals surface area contributed by atoms with Crippen LogP contribution in [0.3, 0.4) is 0 Å². The van der Waals surface area contributed by atoms with Gasteiger partial charge in [-0.15, -0.1) is 0 Å². The number of hydrogen-bond donors (Lipinski definition) is 0. The van der Waals surface area contributed by atoms with Crippen molar-refractivity contribution in [3.63, 3.8) is 0 Å². The summed E-state index contributed by atoms with van der Waals surface area (Å²) in [7, 11) is 1.71. The minimum Gasteiger partial charge on any atom is -0.497 e. The Hall–Kier alpha value is -5.08. The summed E-state index contributed by atoms with van der Waals surface area (Å²) < 4.78 is 5.50. The molecule has 0 unspecified atom stereocenters. The molecule has 0 amide bonds. The highest BCUT2D eigenvalue weighted by atomic mass is 16.5. The summed E-state index contributed by atoms with van der Waals surface area (Å²) in [5, 5.41) is 7.36. The molecular formula is C37H27NO. The zero-order valence-electron chi connectivity index (χ0n) is 21.7. The van der Waals surface area contributed by atoms with Crippen LogP contribution in [0.25, 0.3) is 43.4 Å². The number of nitrogens with zero attached hydrogens (tertiary/aromatic N) is 1. The summed E-state index contributed by atoms with van der Waals surface area (Å²) in [4.78, 5) is 2.37. The highest BCUT2D eigenvalue weighted by Crippen LogP contribution is 2.46. The molecule has 39 heavy (non-hydrogen) atoms. The van der Waals surface area contributed by atoms with E-state index in [1.807, 2.05) is 12.1 Å². The molecule has 7 aromatic carbocycles. The second kappa shape index (κ2) is 9.66. The molecule has 0 radical (unpaired) electrons. The monoisotopic (exact) mass is 501 g/mol. The predicted octanol–water partition coefficient (Wildman–Crippen LogP) is 10.3. The molecule has 7 rings (SSSR count). The van der Waals surface area contributed by atoms with Crippen LogP contribution < -0.4 is 9.64 Å². The molecular weight excluding hydrogens is 474 g/mol. The minimum absolute atomic E-state index is 0.838. The zero-order chi connectivity index (χ0) is 26.2. The number of rotatable bonds is 5. The second-order valence-corrected chi connectivity index (χ2v) is 9.77. The van der Waals surface area contributed by atoms with Gasteiger partial charge in [0.25, 0.3) is 0 Å². The van der Waals surface area contributed by atoms with E-state index in [2.05, 4.69) is 138 Å². The van der Waals surface area contributed by atoms with Crippen LogP contribution in [-0.2, 0) is 0 Å². The Labute approximate surface area is 228 Å². The first-order chi connectivity index (χ1) is 19.3. The maximum atomic E-state index is 5.50. The Morgan fingerprint density at radius 1 is 0.462 bits per heavy atom. The van der Waals surface area contributed by atoms with E-state index >= 15 is 0 Å². The van der Waals surface area contributed by atoms with Gasteiger partial charge in [0.05, 0.1) is 12.8 Å². The van der Waals surface area contributed by atoms with E-state index in [1.54, 1.807) is 7.11 Å². The number of benzene rings is 7. The van der Waals surface area contributed by atoms with Gasteiger partial charge in [-0.1, -0.05) is 103 Å². The Morgan fingerprint density at radius 3 is 1.82 bits per heavy atom. The maximum Gasteiger partial charge on any atom is 0.119 e. The Balaban J connectivity index is 1.57. The first-order valence-corrected chi connectivity index (χ1v) is 13.2. The van der Waals surface area contributed by atoms with Crippen molar-refractivity contribution in [2.24, 2.45) is 0 Å². The van der Waals surface area contributed by atoms with Gasteiger partial charge in [-0.05, 0) is 80.3 Å². The maximum absolute atomic E-state index is 5.50. The van der Waals surface area contributed by atoms with E-state index < -0.39 is 0 Å². The van der Waals surface area contributed by atoms with Gasteiger partial charge >= 0.3 is 0 Å². The van der Waals surface area contributed by atoms with E-state index in [0.717, 1.165) is 22.8 Å². The van der Waals surface area contributed by atoms with Crippen molar-refractivity contribution in [2.45, 2.75) is 0 Å². The third kappa shape index (κ3) is 4.07. The van der Waals surface area contributed by atoms with Crippen LogP contribution in [0.15, 0.2) is 146 Å². The quantitative estimate of drug-likeness (QED) is 0.233. The topological polar surface area (TPSA) is 12.5 Å². The lowest BCUT2D eigenvalue weighted by molar-refractivity contribution is 0.415. The van der Waals surface area contributed by atoms with Gasteiger partial charge in [-0.2, -0.15) is 0 Å². The van der Waals surface area contributed by atoms with Crippen LogP contribution in [0.2, 0.25) is 0 Å². The number of ether oxygens (including phenoxy) is 1. The van der Waals surface area contributed by atoms with Gasteiger partial charge in [0.1, 0.15) is 5.75 Å². The fraction of sp³-hybridized carbons (Fsp3) is 0.0270. The number of anilines is 3. The second-order valence-electron chi connectivity index (χ2n) is 9.77. The normalized spacial score (nSPS) is 11.2. The molecule has 0 saturated carbocycles. The van der Waals surface area contributed by atoms with Crippen LogP contribution >= 0.6 is 0 Å². The van der Waals surface area contributed by atoms with Gasteiger partial charge in [0.15, 0.2) is 0 Å². The lowest BCUT2D eigenvalue weighted by Crippen LogP contribution is -2.11. The molecule has 0 saturated heterocycles. The van der Waals surface area contributed by atoms with Gasteiger partial charge < -0.3 is 9.64 Å². The third-order valence-corrected chi connectivity index (χ3v) is 7.53. The van der Waals surface area contributed by atoms with Gasteiger partial charge in [-0.25, -0.2) is 0 Å². The van der Waals surface area contributed by atoms with Crippen LogP contribution in [0.5, 0.6) is 5.75 Å². The number of fused-ring (bicyclic) bond motifs is 3. The van der Waals surface area contributed by atoms with E-state index in [-0.39, 0.29) is 0 Å². The smallest absolute Gasteiger partial charge is 0.119 e. The van der Waals surface area contributed by atoms with Crippen molar-refractivity contribution < 1.29 is 4.74 Å². The van der Waals surface area contributed by atoms with Crippen LogP contribution in [-0.4, -0.2) is 7.11 Å². The summed E-state index contributed by atoms with van der Waals surface area (Å²) in [5.41, 5.74) is 5.75. The van der Waals surface area contributed by atoms with Crippen LogP contribution in [0.1, 0.15) is 0 Å². The standard InChI is InChI=1S/C37H27NO/c1-39-32-22-20-30(21-23-32)38(31-19-17-26-9-2-3-12-29(26)25-31)36-24-18-28-11-5-7-15-34(28)37(36)35-16-8-13-27-10-4-6-14-33(27)35/h2-25H,1H3. The predicted molar refractivity (Wildman–Crippen MR) is 166 cm³/mol. The minimum atomic E-state index is 0.838. The number of methoxy groups -OCH3 is 1. The highest BCUT2D eigenvalue weighted by molar-refractivity contribution is 6.11. The lowest BCUT2D eigenvalue weighted by atomic mass is 9.91. The molecule has 186 valence electrons. The molecule has 0 heterocycles. The van der Waals surface area contributed by atoms with Gasteiger partial charge in [-0.3, -0.25) is 0 Å². The SMILES string of the molecule is COc1ccc(N(c2ccc3ccccc3c2)c2ccc3ccccc3c2-c2cccc3ccccc23)cc1. The van der Waals surface area contributed by atoms with Gasteiger partial charge in [0, 0.05) is 16.9 Å². The molecule has 2 nitrogen and oxygen atoms in total. The molecule has 0 N–H and O–H groups in total. The van der Waals surface area contributed by atoms with Crippen molar-refractivity contribution in [1.29, 1.82) is 0 Å². The van der Waals surface area contributed by atoms with E-state index in [9.17, 15) is 0 Å². The molecule has 0 aromatic heterocycles. The summed E-state index contributed by atoms with van der Waals surface area (Å²) in [6, 6.07) is 52.0. The van der Waals surface area contributed by atoms with E-state index in [4.69, 9.17) is 4.74 Å². The summed E-state index contributed by atoms with van der Waals surface area (Å²) >= 11 is 0. The Morgan fingerprint density at radius 2 is 1.05 bits per heavy atom. The highest BCUT2D eigenvalue weighted by Gasteiger charge is 2.21. The first kappa shape index (κ1) is 23.1. The third-order valence-electron chi connectivity index (χ3n) is 7.53. The van der Waals surface area contributed by atoms with Crippen LogP contribution in [0, 0.1) is 0 Å². The summed E-state index contributed by atoms with van der Waals surface area (Å²) in [5.74, 6) is 0.838. The molecule has 2 heteroatoms. The van der Waals surface area contributed by atoms with E-state index in [0.29, 0.717) is 0 Å². The van der Waals surface area contributed by atoms with Crippen molar-refractivity contribution in [2.75, 3.05) is 12.0 Å². The Bertz CT molecular complexity index is 1950. The van der Waals surface area contributed by atoms with Crippen LogP contribution in [0.4, 0.5) is 17.1 Å². The molecule has 0 atom stereocenters. The summed E-state index contributed by atoms with van der Waals surface area (Å²) in [6.07, 6.45) is 0. The Kier molecular flexibility index (Phi) is 5.71. The summed E-state index contributed by atoms with van der Waals surface area (Å²) in [6.45, 7) is 0. The van der Waals surface area contributed by atoms with Crippen molar-refractivity contribution in [3.8, 4) is 16.9 Å². The fourth-order valence-electron chi connectivity index (χ4n) is 5.65. The van der Waals surface area contributed by atoms with Crippen molar-refractivity contribution in [3.05, 3.63) is 146 Å². The molecule has 7 aromatic rings. The first-order valence-electron chi connectivity index (χ1n) is 13.2. The van der Waals surface area contributed by atoms with Crippen molar-refractivity contribution in [1.82, 2.24) is 0 Å². The largest absolute Gasteiger partial charge is 0.497 e. The fourth-order valence-corrected chi connectivity index (χ4v) is 5.65. The zero-order valence-corrected chi connectivity index (χ0v) is 21.7.